The first kappa shape index (κ1) is 38.4. The molecule has 1 aromatic carbocycles. The normalized spacial score (nSPS) is 30.4. The Morgan fingerprint density at radius 1 is 1.04 bits per heavy atom. The highest BCUT2D eigenvalue weighted by Gasteiger charge is 2.77. The SMILES string of the molecule is CCCCCC1(CCCCC)O[C@@H]2[C@H](O1)[C@H]1ON(Cc3ccccc3C=CC(=O)N(C)C)[C@H]3C(=O)O[C@@H]2C[C@@]13C(=O)N1CCC[C@@H]1C(=O)NCCO. The van der Waals surface area contributed by atoms with E-state index in [4.69, 9.17) is 19.0 Å². The van der Waals surface area contributed by atoms with Gasteiger partial charge in [-0.3, -0.25) is 24.0 Å². The molecule has 7 atom stereocenters. The lowest BCUT2D eigenvalue weighted by Gasteiger charge is -2.50. The zero-order valence-electron chi connectivity index (χ0n) is 31.1. The summed E-state index contributed by atoms with van der Waals surface area (Å²) in [7, 11) is 3.37. The van der Waals surface area contributed by atoms with Gasteiger partial charge in [-0.1, -0.05) is 63.8 Å². The summed E-state index contributed by atoms with van der Waals surface area (Å²) in [5.74, 6) is -2.28. The number of ether oxygens (including phenoxy) is 3. The van der Waals surface area contributed by atoms with Crippen LogP contribution < -0.4 is 5.32 Å². The molecule has 1 aliphatic carbocycles. The lowest BCUT2D eigenvalue weighted by Crippen LogP contribution is -2.70. The number of nitrogens with one attached hydrogen (secondary N) is 1. The molecule has 5 aliphatic rings. The van der Waals surface area contributed by atoms with Crippen LogP contribution in [0.1, 0.15) is 95.6 Å². The summed E-state index contributed by atoms with van der Waals surface area (Å²) >= 11 is 0. The van der Waals surface area contributed by atoms with E-state index in [0.29, 0.717) is 32.2 Å². The molecule has 2 bridgehead atoms. The molecule has 0 spiro atoms. The Labute approximate surface area is 306 Å². The Hall–Kier alpha value is -3.36. The molecule has 3 amide bonds. The van der Waals surface area contributed by atoms with Gasteiger partial charge in [-0.15, -0.1) is 0 Å². The van der Waals surface area contributed by atoms with Crippen molar-refractivity contribution in [3.05, 3.63) is 41.5 Å². The highest BCUT2D eigenvalue weighted by Crippen LogP contribution is 2.59. The van der Waals surface area contributed by atoms with Crippen molar-refractivity contribution < 1.29 is 43.3 Å². The van der Waals surface area contributed by atoms with Crippen LogP contribution in [0.5, 0.6) is 0 Å². The van der Waals surface area contributed by atoms with Crippen molar-refractivity contribution in [1.82, 2.24) is 20.2 Å². The molecule has 1 aromatic rings. The fraction of sp³-hybridized carbons (Fsp3) is 0.692. The lowest BCUT2D eigenvalue weighted by atomic mass is 9.62. The molecule has 2 N–H and O–H groups in total. The Kier molecular flexibility index (Phi) is 12.1. The summed E-state index contributed by atoms with van der Waals surface area (Å²) in [6.07, 6.45) is 8.92. The fourth-order valence-electron chi connectivity index (χ4n) is 8.84. The van der Waals surface area contributed by atoms with E-state index < -0.39 is 53.7 Å². The van der Waals surface area contributed by atoms with Crippen LogP contribution in [0.2, 0.25) is 0 Å². The number of likely N-dealkylation sites (N-methyl/N-ethyl adjacent to an activating group) is 1. The number of carbonyl (C=O) groups is 4. The molecule has 1 saturated carbocycles. The number of rotatable bonds is 16. The van der Waals surface area contributed by atoms with Gasteiger partial charge in [0, 0.05) is 52.5 Å². The van der Waals surface area contributed by atoms with Crippen molar-refractivity contribution >= 4 is 29.8 Å². The summed E-state index contributed by atoms with van der Waals surface area (Å²) in [5.41, 5.74) is 0.152. The van der Waals surface area contributed by atoms with Gasteiger partial charge in [0.05, 0.1) is 13.2 Å². The molecule has 0 unspecified atom stereocenters. The monoisotopic (exact) mass is 724 g/mol. The second-order valence-electron chi connectivity index (χ2n) is 15.1. The highest BCUT2D eigenvalue weighted by atomic mass is 16.8. The third-order valence-corrected chi connectivity index (χ3v) is 11.4. The number of likely N-dealkylation sites (tertiary alicyclic amines) is 1. The summed E-state index contributed by atoms with van der Waals surface area (Å²) in [6, 6.07) is 5.70. The minimum atomic E-state index is -1.40. The Balaban J connectivity index is 1.39. The molecular weight excluding hydrogens is 668 g/mol. The molecule has 6 rings (SSSR count). The maximum Gasteiger partial charge on any atom is 0.327 e. The van der Waals surface area contributed by atoms with E-state index in [1.165, 1.54) is 11.0 Å². The first-order valence-corrected chi connectivity index (χ1v) is 19.3. The molecule has 0 radical (unpaired) electrons. The van der Waals surface area contributed by atoms with E-state index in [0.717, 1.165) is 49.7 Å². The predicted octanol–water partition coefficient (Wildman–Crippen LogP) is 3.33. The first-order chi connectivity index (χ1) is 25.1. The zero-order valence-corrected chi connectivity index (χ0v) is 31.1. The number of hydroxylamine groups is 2. The number of nitrogens with zero attached hydrogens (tertiary/aromatic N) is 3. The molecular formula is C39H56N4O9. The number of benzene rings is 1. The Morgan fingerprint density at radius 2 is 1.75 bits per heavy atom. The van der Waals surface area contributed by atoms with Crippen LogP contribution in [0.15, 0.2) is 30.3 Å². The number of carbonyl (C=O) groups excluding carboxylic acids is 4. The lowest BCUT2D eigenvalue weighted by molar-refractivity contribution is -0.225. The summed E-state index contributed by atoms with van der Waals surface area (Å²) < 4.78 is 20.1. The number of unbranched alkanes of at least 4 members (excludes halogenated alkanes) is 4. The highest BCUT2D eigenvalue weighted by molar-refractivity contribution is 5.96. The van der Waals surface area contributed by atoms with Crippen LogP contribution in [0, 0.1) is 5.41 Å². The molecule has 52 heavy (non-hydrogen) atoms. The quantitative estimate of drug-likeness (QED) is 0.148. The second kappa shape index (κ2) is 16.3. The van der Waals surface area contributed by atoms with Crippen LogP contribution in [0.25, 0.3) is 6.08 Å². The number of hydrogen-bond donors (Lipinski definition) is 2. The van der Waals surface area contributed by atoms with E-state index >= 15 is 4.79 Å². The maximum atomic E-state index is 15.2. The topological polar surface area (TPSA) is 147 Å². The number of esters is 1. The minimum absolute atomic E-state index is 0.0835. The Morgan fingerprint density at radius 3 is 2.44 bits per heavy atom. The van der Waals surface area contributed by atoms with Crippen molar-refractivity contribution in [2.24, 2.45) is 5.41 Å². The standard InChI is InChI=1S/C39H56N4O9/c1-5-7-11-19-38(20-12-8-6-2)50-31-29-24-39(37(48)42-22-13-16-28(42)35(46)40-21-23-44)33(36(47)49-29)43(52-34(39)32(31)51-38)25-27-15-10-9-14-26(27)17-18-30(45)41(3)4/h9-10,14-15,17-18,28-29,31-34,44H,5-8,11-13,16,19-25H2,1-4H3,(H,40,46)/t28-,29-,31+,32+,33+,34-,39+/m1/s1. The number of amides is 3. The average molecular weight is 725 g/mol. The average Bonchev–Trinajstić information content (AvgIpc) is 3.86. The van der Waals surface area contributed by atoms with E-state index in [1.54, 1.807) is 30.1 Å². The van der Waals surface area contributed by atoms with Gasteiger partial charge >= 0.3 is 5.97 Å². The third-order valence-electron chi connectivity index (χ3n) is 11.4. The largest absolute Gasteiger partial charge is 0.458 e. The first-order valence-electron chi connectivity index (χ1n) is 19.3. The summed E-state index contributed by atoms with van der Waals surface area (Å²) in [6.45, 7) is 4.66. The van der Waals surface area contributed by atoms with E-state index in [1.807, 2.05) is 24.3 Å². The van der Waals surface area contributed by atoms with Gasteiger partial charge < -0.3 is 34.4 Å². The molecule has 4 aliphatic heterocycles. The zero-order chi connectivity index (χ0) is 37.0. The smallest absolute Gasteiger partial charge is 0.327 e. The number of fused-ring (bicyclic) bond motifs is 4. The number of hydrogen-bond acceptors (Lipinski definition) is 10. The van der Waals surface area contributed by atoms with Gasteiger partial charge in [0.25, 0.3) is 0 Å². The van der Waals surface area contributed by atoms with Crippen LogP contribution in [-0.4, -0.2) is 120 Å². The molecule has 286 valence electrons. The second-order valence-corrected chi connectivity index (χ2v) is 15.1. The maximum absolute atomic E-state index is 15.2. The predicted molar refractivity (Wildman–Crippen MR) is 191 cm³/mol. The molecule has 0 aromatic heterocycles. The van der Waals surface area contributed by atoms with Crippen molar-refractivity contribution in [2.75, 3.05) is 33.8 Å². The molecule has 4 heterocycles. The van der Waals surface area contributed by atoms with Crippen molar-refractivity contribution in [3.63, 3.8) is 0 Å². The van der Waals surface area contributed by atoms with E-state index in [-0.39, 0.29) is 43.8 Å². The van der Waals surface area contributed by atoms with Crippen LogP contribution >= 0.6 is 0 Å². The summed E-state index contributed by atoms with van der Waals surface area (Å²) in [4.78, 5) is 65.2. The number of aliphatic hydroxyl groups excluding tert-OH is 1. The third kappa shape index (κ3) is 7.26. The van der Waals surface area contributed by atoms with Crippen molar-refractivity contribution in [2.45, 2.75) is 133 Å². The van der Waals surface area contributed by atoms with Crippen LogP contribution in [0.3, 0.4) is 0 Å². The molecule has 4 saturated heterocycles. The van der Waals surface area contributed by atoms with Gasteiger partial charge in [0.2, 0.25) is 17.7 Å². The Bertz CT molecular complexity index is 1490. The van der Waals surface area contributed by atoms with Gasteiger partial charge in [0.1, 0.15) is 35.9 Å². The van der Waals surface area contributed by atoms with Gasteiger partial charge in [0.15, 0.2) is 11.8 Å². The van der Waals surface area contributed by atoms with Crippen molar-refractivity contribution in [1.29, 1.82) is 0 Å². The van der Waals surface area contributed by atoms with Gasteiger partial charge in [-0.2, -0.15) is 5.06 Å². The summed E-state index contributed by atoms with van der Waals surface area (Å²) in [5, 5.41) is 13.7. The molecule has 13 heteroatoms. The minimum Gasteiger partial charge on any atom is -0.458 e. The molecule has 5 fully saturated rings. The van der Waals surface area contributed by atoms with E-state index in [2.05, 4.69) is 19.2 Å². The van der Waals surface area contributed by atoms with Crippen LogP contribution in [-0.2, 0) is 44.8 Å². The number of aliphatic hydroxyl groups is 1. The van der Waals surface area contributed by atoms with Crippen molar-refractivity contribution in [3.8, 4) is 0 Å². The fourth-order valence-corrected chi connectivity index (χ4v) is 8.84. The van der Waals surface area contributed by atoms with Gasteiger partial charge in [-0.25, -0.2) is 0 Å². The van der Waals surface area contributed by atoms with Gasteiger partial charge in [-0.05, 0) is 42.9 Å². The van der Waals surface area contributed by atoms with Crippen LogP contribution in [0.4, 0.5) is 0 Å². The molecule has 13 nitrogen and oxygen atoms in total. The van der Waals surface area contributed by atoms with E-state index in [9.17, 15) is 19.5 Å².